The van der Waals surface area contributed by atoms with Gasteiger partial charge in [-0.1, -0.05) is 30.3 Å². The highest BCUT2D eigenvalue weighted by Crippen LogP contribution is 2.04. The molecule has 0 radical (unpaired) electrons. The predicted molar refractivity (Wildman–Crippen MR) is 101 cm³/mol. The number of aromatic nitrogens is 5. The Bertz CT molecular complexity index is 984. The number of nitrogens with one attached hydrogen (secondary N) is 1. The van der Waals surface area contributed by atoms with E-state index in [2.05, 4.69) is 15.5 Å². The summed E-state index contributed by atoms with van der Waals surface area (Å²) in [5, 5.41) is 11.3. The summed E-state index contributed by atoms with van der Waals surface area (Å²) >= 11 is 0. The lowest BCUT2D eigenvalue weighted by molar-refractivity contribution is -0.122. The second-order valence-electron chi connectivity index (χ2n) is 6.56. The number of hydrogen-bond acceptors (Lipinski definition) is 4. The van der Waals surface area contributed by atoms with Crippen LogP contribution in [0.2, 0.25) is 0 Å². The number of amides is 1. The van der Waals surface area contributed by atoms with Crippen molar-refractivity contribution in [3.8, 4) is 0 Å². The van der Waals surface area contributed by atoms with Gasteiger partial charge in [0.25, 0.3) is 0 Å². The molecule has 8 heteroatoms. The molecule has 0 unspecified atom stereocenters. The molecular formula is C19H24N6O2. The van der Waals surface area contributed by atoms with Gasteiger partial charge in [0.2, 0.25) is 5.91 Å². The van der Waals surface area contributed by atoms with Crippen molar-refractivity contribution in [1.29, 1.82) is 0 Å². The monoisotopic (exact) mass is 368 g/mol. The zero-order valence-electron chi connectivity index (χ0n) is 15.8. The number of carbonyl (C=O) groups is 1. The van der Waals surface area contributed by atoms with Gasteiger partial charge in [0, 0.05) is 31.9 Å². The maximum Gasteiger partial charge on any atom is 0.346 e. The molecule has 0 aliphatic rings. The Morgan fingerprint density at radius 2 is 1.89 bits per heavy atom. The first-order valence-electron chi connectivity index (χ1n) is 8.88. The van der Waals surface area contributed by atoms with E-state index < -0.39 is 0 Å². The molecule has 0 aliphatic carbocycles. The molecular weight excluding hydrogens is 344 g/mol. The topological polar surface area (TPSA) is 86.7 Å². The van der Waals surface area contributed by atoms with Crippen LogP contribution in [0.1, 0.15) is 22.6 Å². The minimum absolute atomic E-state index is 0.0999. The van der Waals surface area contributed by atoms with Crippen molar-refractivity contribution in [3.63, 3.8) is 0 Å². The molecule has 0 saturated heterocycles. The summed E-state index contributed by atoms with van der Waals surface area (Å²) in [5.74, 6) is 0.347. The highest BCUT2D eigenvalue weighted by molar-refractivity contribution is 5.75. The van der Waals surface area contributed by atoms with Crippen molar-refractivity contribution in [2.75, 3.05) is 0 Å². The number of nitrogens with zero attached hydrogens (tertiary/aromatic N) is 5. The summed E-state index contributed by atoms with van der Waals surface area (Å²) in [6.45, 7) is 4.48. The van der Waals surface area contributed by atoms with Crippen LogP contribution in [0.4, 0.5) is 0 Å². The number of carbonyl (C=O) groups excluding carboxylic acids is 1. The quantitative estimate of drug-likeness (QED) is 0.673. The second-order valence-corrected chi connectivity index (χ2v) is 6.56. The van der Waals surface area contributed by atoms with Crippen LogP contribution in [0.5, 0.6) is 0 Å². The summed E-state index contributed by atoms with van der Waals surface area (Å²) in [7, 11) is 1.84. The van der Waals surface area contributed by atoms with E-state index in [0.717, 1.165) is 23.2 Å². The van der Waals surface area contributed by atoms with Gasteiger partial charge in [-0.15, -0.1) is 0 Å². The molecule has 0 fully saturated rings. The average Bonchev–Trinajstić information content (AvgIpc) is 3.10. The van der Waals surface area contributed by atoms with Gasteiger partial charge in [0.05, 0.1) is 5.69 Å². The van der Waals surface area contributed by atoms with Crippen LogP contribution in [-0.2, 0) is 37.9 Å². The molecule has 142 valence electrons. The van der Waals surface area contributed by atoms with Crippen LogP contribution in [0.25, 0.3) is 0 Å². The first kappa shape index (κ1) is 18.6. The van der Waals surface area contributed by atoms with Crippen LogP contribution < -0.4 is 11.0 Å². The molecule has 0 spiro atoms. The minimum atomic E-state index is -0.267. The molecule has 1 amide bonds. The fourth-order valence-corrected chi connectivity index (χ4v) is 3.00. The van der Waals surface area contributed by atoms with Crippen LogP contribution in [0, 0.1) is 13.8 Å². The van der Waals surface area contributed by atoms with E-state index in [-0.39, 0.29) is 18.1 Å². The lowest BCUT2D eigenvalue weighted by Gasteiger charge is -2.04. The summed E-state index contributed by atoms with van der Waals surface area (Å²) in [6, 6.07) is 9.97. The zero-order chi connectivity index (χ0) is 19.4. The maximum atomic E-state index is 12.5. The number of rotatable bonds is 7. The zero-order valence-corrected chi connectivity index (χ0v) is 15.8. The maximum absolute atomic E-state index is 12.5. The van der Waals surface area contributed by atoms with E-state index in [9.17, 15) is 9.59 Å². The first-order valence-corrected chi connectivity index (χ1v) is 8.88. The van der Waals surface area contributed by atoms with Crippen molar-refractivity contribution >= 4 is 5.91 Å². The van der Waals surface area contributed by atoms with E-state index in [1.807, 2.05) is 50.5 Å². The van der Waals surface area contributed by atoms with E-state index in [1.165, 1.54) is 4.68 Å². The Morgan fingerprint density at radius 3 is 2.56 bits per heavy atom. The van der Waals surface area contributed by atoms with Gasteiger partial charge < -0.3 is 5.32 Å². The van der Waals surface area contributed by atoms with E-state index in [0.29, 0.717) is 18.9 Å². The lowest BCUT2D eigenvalue weighted by Crippen LogP contribution is -2.33. The van der Waals surface area contributed by atoms with Crippen molar-refractivity contribution in [2.45, 2.75) is 39.9 Å². The minimum Gasteiger partial charge on any atom is -0.350 e. The third kappa shape index (κ3) is 4.52. The Balaban J connectivity index is 1.61. The smallest absolute Gasteiger partial charge is 0.346 e. The second kappa shape index (κ2) is 8.03. The molecule has 3 rings (SSSR count). The Labute approximate surface area is 157 Å². The van der Waals surface area contributed by atoms with Crippen LogP contribution >= 0.6 is 0 Å². The first-order chi connectivity index (χ1) is 12.9. The van der Waals surface area contributed by atoms with Gasteiger partial charge in [-0.25, -0.2) is 9.48 Å². The lowest BCUT2D eigenvalue weighted by atomic mass is 10.1. The highest BCUT2D eigenvalue weighted by Gasteiger charge is 2.13. The van der Waals surface area contributed by atoms with Gasteiger partial charge in [-0.05, 0) is 25.8 Å². The Morgan fingerprint density at radius 1 is 1.15 bits per heavy atom. The molecule has 8 nitrogen and oxygen atoms in total. The number of aryl methyl sites for hydroxylation is 4. The predicted octanol–water partition coefficient (Wildman–Crippen LogP) is 0.954. The summed E-state index contributed by atoms with van der Waals surface area (Å²) in [5.41, 5.74) is 2.70. The summed E-state index contributed by atoms with van der Waals surface area (Å²) in [6.07, 6.45) is 2.60. The van der Waals surface area contributed by atoms with E-state index in [4.69, 9.17) is 0 Å². The van der Waals surface area contributed by atoms with Gasteiger partial charge in [-0.3, -0.25) is 14.0 Å². The largest absolute Gasteiger partial charge is 0.350 e. The molecule has 0 atom stereocenters. The van der Waals surface area contributed by atoms with Crippen molar-refractivity contribution in [3.05, 3.63) is 69.7 Å². The molecule has 0 bridgehead atoms. The van der Waals surface area contributed by atoms with Crippen molar-refractivity contribution in [1.82, 2.24) is 29.4 Å². The van der Waals surface area contributed by atoms with Gasteiger partial charge in [0.1, 0.15) is 12.4 Å². The highest BCUT2D eigenvalue weighted by atomic mass is 16.2. The normalized spacial score (nSPS) is 10.9. The molecule has 2 aromatic heterocycles. The molecule has 27 heavy (non-hydrogen) atoms. The average molecular weight is 368 g/mol. The van der Waals surface area contributed by atoms with Gasteiger partial charge >= 0.3 is 5.69 Å². The summed E-state index contributed by atoms with van der Waals surface area (Å²) in [4.78, 5) is 24.8. The molecule has 2 heterocycles. The van der Waals surface area contributed by atoms with E-state index >= 15 is 0 Å². The fourth-order valence-electron chi connectivity index (χ4n) is 3.00. The van der Waals surface area contributed by atoms with Crippen molar-refractivity contribution in [2.24, 2.45) is 7.05 Å². The Kier molecular flexibility index (Phi) is 5.54. The van der Waals surface area contributed by atoms with Gasteiger partial charge in [0.15, 0.2) is 0 Å². The third-order valence-corrected chi connectivity index (χ3v) is 4.46. The van der Waals surface area contributed by atoms with Crippen molar-refractivity contribution < 1.29 is 4.79 Å². The van der Waals surface area contributed by atoms with Crippen LogP contribution in [0.15, 0.2) is 41.3 Å². The third-order valence-electron chi connectivity index (χ3n) is 4.46. The van der Waals surface area contributed by atoms with Gasteiger partial charge in [-0.2, -0.15) is 10.2 Å². The number of hydrogen-bond donors (Lipinski definition) is 1. The Hall–Kier alpha value is -3.16. The van der Waals surface area contributed by atoms with Crippen LogP contribution in [0.3, 0.4) is 0 Å². The molecule has 0 aliphatic heterocycles. The van der Waals surface area contributed by atoms with E-state index in [1.54, 1.807) is 16.2 Å². The number of benzene rings is 1. The molecule has 1 aromatic carbocycles. The summed E-state index contributed by atoms with van der Waals surface area (Å²) < 4.78 is 4.52. The molecule has 0 saturated carbocycles. The molecule has 3 aromatic rings. The van der Waals surface area contributed by atoms with Crippen LogP contribution in [-0.4, -0.2) is 30.0 Å². The standard InChI is InChI=1S/C19H24N6O2/c1-14-17(12-23(3)21-14)11-20-18(26)13-25-19(27)24(15(2)22-25)10-9-16-7-5-4-6-8-16/h4-8,12H,9-11,13H2,1-3H3,(H,20,26). The fraction of sp³-hybridized carbons (Fsp3) is 0.368. The molecule has 1 N–H and O–H groups in total. The SMILES string of the molecule is Cc1nn(C)cc1CNC(=O)Cn1nc(C)n(CCc2ccccc2)c1=O.